The molecule has 0 aliphatic rings. The normalized spacial score (nSPS) is 12.5. The van der Waals surface area contributed by atoms with Crippen LogP contribution in [-0.2, 0) is 28.6 Å². The van der Waals surface area contributed by atoms with Crippen LogP contribution in [0.1, 0.15) is 323 Å². The molecule has 0 saturated heterocycles. The highest BCUT2D eigenvalue weighted by molar-refractivity contribution is 5.71. The Morgan fingerprint density at radius 3 is 0.824 bits per heavy atom. The second kappa shape index (κ2) is 62.4. The fourth-order valence-corrected chi connectivity index (χ4v) is 9.17. The van der Waals surface area contributed by atoms with Crippen LogP contribution in [0, 0.1) is 0 Å². The van der Waals surface area contributed by atoms with E-state index < -0.39 is 6.10 Å². The van der Waals surface area contributed by atoms with Crippen LogP contribution in [0.5, 0.6) is 0 Å². The molecule has 0 N–H and O–H groups in total. The third kappa shape index (κ3) is 59.7. The third-order valence-electron chi connectivity index (χ3n) is 13.9. The molecule has 0 aliphatic carbocycles. The summed E-state index contributed by atoms with van der Waals surface area (Å²) in [5.74, 6) is -0.872. The molecule has 0 aliphatic heterocycles. The maximum absolute atomic E-state index is 12.9. The number of allylic oxidation sites excluding steroid dienone is 12. The molecular formula is C68H120O6. The zero-order chi connectivity index (χ0) is 53.6. The molecule has 0 radical (unpaired) electrons. The molecule has 0 heterocycles. The lowest BCUT2D eigenvalue weighted by molar-refractivity contribution is -0.167. The molecule has 6 nitrogen and oxygen atoms in total. The van der Waals surface area contributed by atoms with Gasteiger partial charge in [0, 0.05) is 19.3 Å². The van der Waals surface area contributed by atoms with Gasteiger partial charge >= 0.3 is 17.9 Å². The molecule has 0 bridgehead atoms. The van der Waals surface area contributed by atoms with Crippen LogP contribution < -0.4 is 0 Å². The molecular weight excluding hydrogens is 913 g/mol. The number of unbranched alkanes of at least 4 members (excludes halogenated alkanes) is 35. The van der Waals surface area contributed by atoms with E-state index in [1.807, 2.05) is 0 Å². The van der Waals surface area contributed by atoms with Crippen molar-refractivity contribution in [2.45, 2.75) is 329 Å². The van der Waals surface area contributed by atoms with Crippen LogP contribution in [0.4, 0.5) is 0 Å². The molecule has 6 heteroatoms. The molecule has 0 fully saturated rings. The van der Waals surface area contributed by atoms with Crippen LogP contribution in [0.15, 0.2) is 72.9 Å². The summed E-state index contributed by atoms with van der Waals surface area (Å²) in [6, 6.07) is 0. The van der Waals surface area contributed by atoms with Crippen molar-refractivity contribution in [3.05, 3.63) is 72.9 Å². The second-order valence-corrected chi connectivity index (χ2v) is 21.3. The summed E-state index contributed by atoms with van der Waals surface area (Å²) in [5.41, 5.74) is 0. The van der Waals surface area contributed by atoms with Gasteiger partial charge in [0.15, 0.2) is 6.10 Å². The average Bonchev–Trinajstić information content (AvgIpc) is 3.40. The second-order valence-electron chi connectivity index (χ2n) is 21.3. The molecule has 1 unspecified atom stereocenters. The van der Waals surface area contributed by atoms with Gasteiger partial charge in [-0.05, 0) is 89.9 Å². The topological polar surface area (TPSA) is 78.9 Å². The van der Waals surface area contributed by atoms with Crippen molar-refractivity contribution in [3.63, 3.8) is 0 Å². The molecule has 0 spiro atoms. The zero-order valence-corrected chi connectivity index (χ0v) is 49.1. The number of rotatable bonds is 58. The Bertz CT molecular complexity index is 1370. The Morgan fingerprint density at radius 1 is 0.284 bits per heavy atom. The van der Waals surface area contributed by atoms with Crippen LogP contribution in [0.25, 0.3) is 0 Å². The van der Waals surface area contributed by atoms with Gasteiger partial charge in [0.25, 0.3) is 0 Å². The lowest BCUT2D eigenvalue weighted by atomic mass is 10.0. The van der Waals surface area contributed by atoms with E-state index in [0.717, 1.165) is 96.3 Å². The van der Waals surface area contributed by atoms with E-state index in [0.29, 0.717) is 19.3 Å². The van der Waals surface area contributed by atoms with Crippen molar-refractivity contribution in [1.29, 1.82) is 0 Å². The van der Waals surface area contributed by atoms with Gasteiger partial charge in [0.05, 0.1) is 0 Å². The lowest BCUT2D eigenvalue weighted by Gasteiger charge is -2.18. The van der Waals surface area contributed by atoms with Crippen LogP contribution >= 0.6 is 0 Å². The number of carbonyl (C=O) groups is 3. The lowest BCUT2D eigenvalue weighted by Crippen LogP contribution is -2.30. The Balaban J connectivity index is 4.24. The Kier molecular flexibility index (Phi) is 59.7. The maximum Gasteiger partial charge on any atom is 0.306 e. The molecule has 0 aromatic rings. The predicted molar refractivity (Wildman–Crippen MR) is 321 cm³/mol. The summed E-state index contributed by atoms with van der Waals surface area (Å²) >= 11 is 0. The fourth-order valence-electron chi connectivity index (χ4n) is 9.17. The number of hydrogen-bond acceptors (Lipinski definition) is 6. The van der Waals surface area contributed by atoms with Gasteiger partial charge in [-0.2, -0.15) is 0 Å². The van der Waals surface area contributed by atoms with Gasteiger partial charge in [0.1, 0.15) is 13.2 Å². The first-order valence-corrected chi connectivity index (χ1v) is 31.9. The third-order valence-corrected chi connectivity index (χ3v) is 13.9. The van der Waals surface area contributed by atoms with E-state index in [4.69, 9.17) is 14.2 Å². The minimum atomic E-state index is -0.778. The first kappa shape index (κ1) is 70.8. The van der Waals surface area contributed by atoms with Crippen LogP contribution in [0.2, 0.25) is 0 Å². The van der Waals surface area contributed by atoms with Crippen molar-refractivity contribution in [2.24, 2.45) is 0 Å². The van der Waals surface area contributed by atoms with Gasteiger partial charge < -0.3 is 14.2 Å². The van der Waals surface area contributed by atoms with Gasteiger partial charge in [-0.25, -0.2) is 0 Å². The quantitative estimate of drug-likeness (QED) is 0.0261. The van der Waals surface area contributed by atoms with E-state index in [9.17, 15) is 14.4 Å². The number of carbonyl (C=O) groups excluding carboxylic acids is 3. The van der Waals surface area contributed by atoms with Crippen molar-refractivity contribution in [2.75, 3.05) is 13.2 Å². The average molecular weight is 1030 g/mol. The fraction of sp³-hybridized carbons (Fsp3) is 0.779. The maximum atomic E-state index is 12.9. The van der Waals surface area contributed by atoms with E-state index in [2.05, 4.69) is 93.7 Å². The molecule has 0 amide bonds. The van der Waals surface area contributed by atoms with E-state index in [-0.39, 0.29) is 31.1 Å². The highest BCUT2D eigenvalue weighted by Crippen LogP contribution is 2.17. The van der Waals surface area contributed by atoms with Crippen molar-refractivity contribution in [1.82, 2.24) is 0 Å². The van der Waals surface area contributed by atoms with E-state index in [1.165, 1.54) is 186 Å². The Morgan fingerprint density at radius 2 is 0.527 bits per heavy atom. The number of hydrogen-bond donors (Lipinski definition) is 0. The summed E-state index contributed by atoms with van der Waals surface area (Å²) in [5, 5.41) is 0. The molecule has 74 heavy (non-hydrogen) atoms. The van der Waals surface area contributed by atoms with E-state index in [1.54, 1.807) is 0 Å². The molecule has 428 valence electrons. The smallest absolute Gasteiger partial charge is 0.306 e. The van der Waals surface area contributed by atoms with E-state index >= 15 is 0 Å². The standard InChI is InChI=1S/C68H120O6/c1-4-7-10-13-16-19-22-24-26-28-30-32-33-34-35-37-38-40-42-44-46-49-52-55-58-61-67(70)73-64-65(63-72-66(69)60-57-54-51-48-21-18-15-12-9-6-3)74-68(71)62-59-56-53-50-47-45-43-41-39-36-31-29-27-25-23-20-17-14-11-8-5-2/h8,11,17,20,22,24-25,27-28,30-31,36,65H,4-7,9-10,12-16,18-19,21,23,26,29,32-35,37-64H2,1-3H3/b11-8-,20-17-,24-22-,27-25-,30-28-,36-31-. The summed E-state index contributed by atoms with van der Waals surface area (Å²) < 4.78 is 16.9. The SMILES string of the molecule is CC/C=C\C/C=C\C/C=C\C/C=C\CCCCCCCCCCC(=O)OC(COC(=O)CCCCCCCCCCCC)COC(=O)CCCCCCCCCCCCCCC/C=C\C/C=C\CCCCCCC. The molecule has 0 aromatic heterocycles. The van der Waals surface area contributed by atoms with Gasteiger partial charge in [-0.1, -0.05) is 286 Å². The summed E-state index contributed by atoms with van der Waals surface area (Å²) in [6.07, 6.45) is 80.5. The van der Waals surface area contributed by atoms with Gasteiger partial charge in [0.2, 0.25) is 0 Å². The monoisotopic (exact) mass is 1030 g/mol. The Labute approximate surface area is 459 Å². The molecule has 0 rings (SSSR count). The minimum absolute atomic E-state index is 0.0759. The van der Waals surface area contributed by atoms with Crippen LogP contribution in [0.3, 0.4) is 0 Å². The minimum Gasteiger partial charge on any atom is -0.462 e. The van der Waals surface area contributed by atoms with Gasteiger partial charge in [-0.3, -0.25) is 14.4 Å². The first-order chi connectivity index (χ1) is 36.5. The summed E-state index contributed by atoms with van der Waals surface area (Å²) in [7, 11) is 0. The zero-order valence-electron chi connectivity index (χ0n) is 49.1. The van der Waals surface area contributed by atoms with Gasteiger partial charge in [-0.15, -0.1) is 0 Å². The number of ether oxygens (including phenoxy) is 3. The molecule has 1 atom stereocenters. The van der Waals surface area contributed by atoms with Crippen molar-refractivity contribution < 1.29 is 28.6 Å². The Hall–Kier alpha value is -3.15. The highest BCUT2D eigenvalue weighted by Gasteiger charge is 2.19. The predicted octanol–water partition coefficient (Wildman–Crippen LogP) is 21.7. The number of esters is 3. The summed E-state index contributed by atoms with van der Waals surface area (Å²) in [6.45, 7) is 6.53. The first-order valence-electron chi connectivity index (χ1n) is 31.9. The molecule has 0 saturated carbocycles. The van der Waals surface area contributed by atoms with Crippen molar-refractivity contribution in [3.8, 4) is 0 Å². The van der Waals surface area contributed by atoms with Crippen LogP contribution in [-0.4, -0.2) is 37.2 Å². The van der Waals surface area contributed by atoms with Crippen molar-refractivity contribution >= 4 is 17.9 Å². The summed E-state index contributed by atoms with van der Waals surface area (Å²) in [4.78, 5) is 38.2. The molecule has 0 aromatic carbocycles. The highest BCUT2D eigenvalue weighted by atomic mass is 16.6. The largest absolute Gasteiger partial charge is 0.462 e.